The number of amides is 1. The zero-order valence-corrected chi connectivity index (χ0v) is 20.9. The van der Waals surface area contributed by atoms with Gasteiger partial charge in [-0.1, -0.05) is 24.3 Å². The third kappa shape index (κ3) is 6.95. The van der Waals surface area contributed by atoms with Gasteiger partial charge in [-0.2, -0.15) is 5.10 Å². The minimum absolute atomic E-state index is 0.255. The number of anilines is 1. The fourth-order valence-corrected chi connectivity index (χ4v) is 4.08. The minimum Gasteiger partial charge on any atom is -0.492 e. The van der Waals surface area contributed by atoms with Gasteiger partial charge in [-0.15, -0.1) is 0 Å². The summed E-state index contributed by atoms with van der Waals surface area (Å²) < 4.78 is 41.8. The van der Waals surface area contributed by atoms with Crippen LogP contribution in [0.5, 0.6) is 5.75 Å². The number of benzene rings is 2. The molecule has 1 heterocycles. The number of hydrazone groups is 1. The van der Waals surface area contributed by atoms with E-state index in [0.29, 0.717) is 36.0 Å². The fraction of sp³-hybridized carbons (Fsp3) is 0.240. The molecule has 0 fully saturated rings. The van der Waals surface area contributed by atoms with Gasteiger partial charge in [0, 0.05) is 5.56 Å². The Kier molecular flexibility index (Phi) is 8.85. The molecule has 1 amide bonds. The summed E-state index contributed by atoms with van der Waals surface area (Å²) in [5, 5.41) is 3.86. The number of carbonyl (C=O) groups is 2. The highest BCUT2D eigenvalue weighted by molar-refractivity contribution is 7.92. The standard InChI is InChI=1S/C25H27N3O7S/c1-4-33-23-9-7-6-8-21(23)28(36(3,31)32)17-24(29)27-26-16-20-14-15-22(35-20)18-10-12-19(13-11-18)25(30)34-5-2/h6-16H,4-5,17H2,1-3H3,(H,27,29)/b26-16-. The van der Waals surface area contributed by atoms with Crippen LogP contribution in [0.1, 0.15) is 30.0 Å². The van der Waals surface area contributed by atoms with E-state index >= 15 is 0 Å². The predicted molar refractivity (Wildman–Crippen MR) is 136 cm³/mol. The highest BCUT2D eigenvalue weighted by Gasteiger charge is 2.23. The summed E-state index contributed by atoms with van der Waals surface area (Å²) in [6, 6.07) is 16.7. The lowest BCUT2D eigenvalue weighted by Gasteiger charge is -2.23. The number of rotatable bonds is 11. The first-order valence-corrected chi connectivity index (χ1v) is 13.0. The second-order valence-corrected chi connectivity index (χ2v) is 9.37. The highest BCUT2D eigenvalue weighted by atomic mass is 32.2. The normalized spacial score (nSPS) is 11.3. The molecule has 0 unspecified atom stereocenters. The van der Waals surface area contributed by atoms with Crippen molar-refractivity contribution in [1.29, 1.82) is 0 Å². The number of hydrogen-bond acceptors (Lipinski definition) is 8. The van der Waals surface area contributed by atoms with Crippen molar-refractivity contribution < 1.29 is 31.9 Å². The average molecular weight is 514 g/mol. The molecule has 1 N–H and O–H groups in total. The smallest absolute Gasteiger partial charge is 0.338 e. The van der Waals surface area contributed by atoms with E-state index in [9.17, 15) is 18.0 Å². The number of hydrogen-bond donors (Lipinski definition) is 1. The van der Waals surface area contributed by atoms with E-state index < -0.39 is 28.4 Å². The van der Waals surface area contributed by atoms with Gasteiger partial charge >= 0.3 is 5.97 Å². The van der Waals surface area contributed by atoms with Crippen molar-refractivity contribution in [3.05, 3.63) is 72.0 Å². The zero-order valence-electron chi connectivity index (χ0n) is 20.1. The number of nitrogens with zero attached hydrogens (tertiary/aromatic N) is 2. The van der Waals surface area contributed by atoms with Crippen molar-refractivity contribution in [3.8, 4) is 17.1 Å². The van der Waals surface area contributed by atoms with Crippen LogP contribution in [-0.2, 0) is 19.6 Å². The first-order chi connectivity index (χ1) is 17.2. The van der Waals surface area contributed by atoms with E-state index in [1.165, 1.54) is 6.21 Å². The molecule has 0 aliphatic rings. The minimum atomic E-state index is -3.78. The van der Waals surface area contributed by atoms with Crippen LogP contribution in [0.2, 0.25) is 0 Å². The molecule has 0 bridgehead atoms. The van der Waals surface area contributed by atoms with Crippen molar-refractivity contribution in [1.82, 2.24) is 5.43 Å². The molecular weight excluding hydrogens is 486 g/mol. The Bertz CT molecular complexity index is 1330. The Balaban J connectivity index is 1.65. The SMILES string of the molecule is CCOC(=O)c1ccc(-c2ccc(/C=N\NC(=O)CN(c3ccccc3OCC)S(C)(=O)=O)o2)cc1. The Hall–Kier alpha value is -4.12. The molecule has 0 saturated heterocycles. The van der Waals surface area contributed by atoms with Crippen LogP contribution >= 0.6 is 0 Å². The van der Waals surface area contributed by atoms with Gasteiger partial charge in [0.1, 0.15) is 23.8 Å². The van der Waals surface area contributed by atoms with E-state index in [1.54, 1.807) is 74.5 Å². The fourth-order valence-electron chi connectivity index (χ4n) is 3.22. The molecule has 11 heteroatoms. The Morgan fingerprint density at radius 3 is 2.42 bits per heavy atom. The molecule has 0 aliphatic heterocycles. The van der Waals surface area contributed by atoms with Gasteiger partial charge in [-0.25, -0.2) is 18.6 Å². The molecule has 3 aromatic rings. The van der Waals surface area contributed by atoms with Crippen molar-refractivity contribution >= 4 is 33.8 Å². The van der Waals surface area contributed by atoms with Crippen molar-refractivity contribution in [2.24, 2.45) is 5.10 Å². The van der Waals surface area contributed by atoms with E-state index in [4.69, 9.17) is 13.9 Å². The summed E-state index contributed by atoms with van der Waals surface area (Å²) in [5.41, 5.74) is 3.74. The van der Waals surface area contributed by atoms with Crippen molar-refractivity contribution in [2.45, 2.75) is 13.8 Å². The van der Waals surface area contributed by atoms with Gasteiger partial charge < -0.3 is 13.9 Å². The third-order valence-corrected chi connectivity index (χ3v) is 5.94. The van der Waals surface area contributed by atoms with Crippen LogP contribution in [0.25, 0.3) is 11.3 Å². The van der Waals surface area contributed by atoms with Crippen LogP contribution in [0.15, 0.2) is 70.2 Å². The summed E-state index contributed by atoms with van der Waals surface area (Å²) in [6.45, 7) is 3.67. The van der Waals surface area contributed by atoms with Crippen LogP contribution in [0.4, 0.5) is 5.69 Å². The van der Waals surface area contributed by atoms with Gasteiger partial charge in [0.15, 0.2) is 0 Å². The maximum atomic E-state index is 12.5. The topological polar surface area (TPSA) is 128 Å². The van der Waals surface area contributed by atoms with Gasteiger partial charge in [-0.3, -0.25) is 9.10 Å². The Morgan fingerprint density at radius 2 is 1.75 bits per heavy atom. The summed E-state index contributed by atoms with van der Waals surface area (Å²) in [7, 11) is -3.78. The zero-order chi connectivity index (χ0) is 26.1. The summed E-state index contributed by atoms with van der Waals surface area (Å²) in [6.07, 6.45) is 2.31. The molecule has 0 aliphatic carbocycles. The number of esters is 1. The average Bonchev–Trinajstić information content (AvgIpc) is 3.32. The number of nitrogens with one attached hydrogen (secondary N) is 1. The lowest BCUT2D eigenvalue weighted by molar-refractivity contribution is -0.119. The molecule has 36 heavy (non-hydrogen) atoms. The molecule has 190 valence electrons. The summed E-state index contributed by atoms with van der Waals surface area (Å²) in [4.78, 5) is 24.2. The van der Waals surface area contributed by atoms with Crippen LogP contribution in [-0.4, -0.2) is 52.5 Å². The predicted octanol–water partition coefficient (Wildman–Crippen LogP) is 3.44. The Morgan fingerprint density at radius 1 is 1.03 bits per heavy atom. The maximum Gasteiger partial charge on any atom is 0.338 e. The van der Waals surface area contributed by atoms with Crippen molar-refractivity contribution in [3.63, 3.8) is 0 Å². The first-order valence-electron chi connectivity index (χ1n) is 11.1. The molecule has 10 nitrogen and oxygen atoms in total. The van der Waals surface area contributed by atoms with E-state index in [-0.39, 0.29) is 5.69 Å². The highest BCUT2D eigenvalue weighted by Crippen LogP contribution is 2.29. The second-order valence-electron chi connectivity index (χ2n) is 7.46. The van der Waals surface area contributed by atoms with Gasteiger partial charge in [-0.05, 0) is 50.2 Å². The van der Waals surface area contributed by atoms with Crippen LogP contribution in [0.3, 0.4) is 0 Å². The number of sulfonamides is 1. The monoisotopic (exact) mass is 513 g/mol. The maximum absolute atomic E-state index is 12.5. The number of para-hydroxylation sites is 2. The molecule has 0 radical (unpaired) electrons. The summed E-state index contributed by atoms with van der Waals surface area (Å²) in [5.74, 6) is 0.197. The number of carbonyl (C=O) groups excluding carboxylic acids is 2. The lowest BCUT2D eigenvalue weighted by Crippen LogP contribution is -2.39. The van der Waals surface area contributed by atoms with E-state index in [1.807, 2.05) is 0 Å². The first kappa shape index (κ1) is 26.5. The molecule has 2 aromatic carbocycles. The largest absolute Gasteiger partial charge is 0.492 e. The molecule has 0 spiro atoms. The van der Waals surface area contributed by atoms with Gasteiger partial charge in [0.2, 0.25) is 10.0 Å². The lowest BCUT2D eigenvalue weighted by atomic mass is 10.1. The number of ether oxygens (including phenoxy) is 2. The molecule has 0 saturated carbocycles. The van der Waals surface area contributed by atoms with Crippen LogP contribution < -0.4 is 14.5 Å². The van der Waals surface area contributed by atoms with Gasteiger partial charge in [0.25, 0.3) is 5.91 Å². The third-order valence-electron chi connectivity index (χ3n) is 4.81. The molecule has 0 atom stereocenters. The molecular formula is C25H27N3O7S. The Labute approximate surface area is 209 Å². The van der Waals surface area contributed by atoms with Gasteiger partial charge in [0.05, 0.1) is 36.9 Å². The van der Waals surface area contributed by atoms with Crippen molar-refractivity contribution in [2.75, 3.05) is 30.3 Å². The van der Waals surface area contributed by atoms with E-state index in [2.05, 4.69) is 10.5 Å². The molecule has 1 aromatic heterocycles. The second kappa shape index (κ2) is 12.0. The molecule has 3 rings (SSSR count). The van der Waals surface area contributed by atoms with E-state index in [0.717, 1.165) is 16.1 Å². The van der Waals surface area contributed by atoms with Crippen LogP contribution in [0, 0.1) is 0 Å². The quantitative estimate of drug-likeness (QED) is 0.236. The summed E-state index contributed by atoms with van der Waals surface area (Å²) >= 11 is 0. The number of furan rings is 1.